The van der Waals surface area contributed by atoms with Gasteiger partial charge in [0.15, 0.2) is 5.13 Å². The Hall–Kier alpha value is -1.18. The van der Waals surface area contributed by atoms with E-state index in [1.165, 1.54) is 11.3 Å². The van der Waals surface area contributed by atoms with E-state index < -0.39 is 0 Å². The lowest BCUT2D eigenvalue weighted by molar-refractivity contribution is 0.0985. The summed E-state index contributed by atoms with van der Waals surface area (Å²) in [4.78, 5) is 21.7. The maximum atomic E-state index is 13.2. The Balaban J connectivity index is 0.00000261. The fourth-order valence-electron chi connectivity index (χ4n) is 2.61. The molecule has 1 amide bonds. The molecule has 4 nitrogen and oxygen atoms in total. The smallest absolute Gasteiger partial charge is 0.261 e. The first-order chi connectivity index (χ1) is 12.5. The maximum absolute atomic E-state index is 13.2. The van der Waals surface area contributed by atoms with Gasteiger partial charge in [0.05, 0.1) is 15.8 Å². The number of hydrogen-bond donors (Lipinski definition) is 0. The second kappa shape index (κ2) is 9.85. The number of halogens is 3. The lowest BCUT2D eigenvalue weighted by atomic mass is 10.2. The Kier molecular flexibility index (Phi) is 8.06. The largest absolute Gasteiger partial charge is 0.309 e. The maximum Gasteiger partial charge on any atom is 0.261 e. The number of fused-ring (bicyclic) bond motifs is 1. The van der Waals surface area contributed by atoms with Crippen molar-refractivity contribution in [3.8, 4) is 0 Å². The molecule has 0 aliphatic carbocycles. The SMILES string of the molecule is CN(C)CCCN(C(=O)c1ccccc1Br)c1nc2ccc(Cl)cc2s1.Cl. The van der Waals surface area contributed by atoms with Crippen LogP contribution in [-0.2, 0) is 0 Å². The summed E-state index contributed by atoms with van der Waals surface area (Å²) in [6.45, 7) is 1.50. The van der Waals surface area contributed by atoms with Gasteiger partial charge >= 0.3 is 0 Å². The van der Waals surface area contributed by atoms with Crippen LogP contribution in [0.25, 0.3) is 10.2 Å². The number of nitrogens with zero attached hydrogens (tertiary/aromatic N) is 3. The lowest BCUT2D eigenvalue weighted by Gasteiger charge is -2.21. The zero-order valence-electron chi connectivity index (χ0n) is 15.0. The summed E-state index contributed by atoms with van der Waals surface area (Å²) in [5.74, 6) is -0.0543. The van der Waals surface area contributed by atoms with Crippen LogP contribution >= 0.6 is 51.3 Å². The second-order valence-corrected chi connectivity index (χ2v) is 8.50. The molecule has 8 heteroatoms. The minimum absolute atomic E-state index is 0. The quantitative estimate of drug-likeness (QED) is 0.444. The van der Waals surface area contributed by atoms with Crippen molar-refractivity contribution in [3.63, 3.8) is 0 Å². The number of benzene rings is 2. The molecule has 0 atom stereocenters. The van der Waals surface area contributed by atoms with E-state index >= 15 is 0 Å². The van der Waals surface area contributed by atoms with Crippen LogP contribution in [0.4, 0.5) is 5.13 Å². The van der Waals surface area contributed by atoms with Crippen molar-refractivity contribution >= 4 is 72.5 Å². The Morgan fingerprint density at radius 2 is 1.93 bits per heavy atom. The lowest BCUT2D eigenvalue weighted by Crippen LogP contribution is -2.33. The molecule has 0 spiro atoms. The molecule has 3 rings (SSSR count). The van der Waals surface area contributed by atoms with E-state index in [1.54, 1.807) is 4.90 Å². The van der Waals surface area contributed by atoms with Crippen LogP contribution in [0.15, 0.2) is 46.9 Å². The summed E-state index contributed by atoms with van der Waals surface area (Å²) in [5.41, 5.74) is 1.49. The highest BCUT2D eigenvalue weighted by molar-refractivity contribution is 9.10. The predicted octanol–water partition coefficient (Wildman–Crippen LogP) is 5.73. The zero-order chi connectivity index (χ0) is 18.7. The first-order valence-corrected chi connectivity index (χ1v) is 10.2. The van der Waals surface area contributed by atoms with Crippen molar-refractivity contribution in [2.45, 2.75) is 6.42 Å². The van der Waals surface area contributed by atoms with Crippen molar-refractivity contribution in [1.29, 1.82) is 0 Å². The highest BCUT2D eigenvalue weighted by Crippen LogP contribution is 2.32. The molecular weight excluding hydrogens is 469 g/mol. The van der Waals surface area contributed by atoms with E-state index in [2.05, 4.69) is 25.8 Å². The molecule has 0 N–H and O–H groups in total. The molecule has 0 aliphatic heterocycles. The number of rotatable bonds is 6. The molecule has 1 heterocycles. The van der Waals surface area contributed by atoms with E-state index in [0.717, 1.165) is 27.7 Å². The van der Waals surface area contributed by atoms with Crippen molar-refractivity contribution in [1.82, 2.24) is 9.88 Å². The standard InChI is InChI=1S/C19H19BrClN3OS.ClH/c1-23(2)10-5-11-24(18(25)14-6-3-4-7-15(14)20)19-22-16-9-8-13(21)12-17(16)26-19;/h3-4,6-9,12H,5,10-11H2,1-2H3;1H. The average molecular weight is 489 g/mol. The molecule has 0 saturated carbocycles. The number of amides is 1. The van der Waals surface area contributed by atoms with E-state index in [-0.39, 0.29) is 18.3 Å². The molecule has 0 unspecified atom stereocenters. The first kappa shape index (κ1) is 22.1. The van der Waals surface area contributed by atoms with Gasteiger partial charge in [-0.15, -0.1) is 12.4 Å². The van der Waals surface area contributed by atoms with Gasteiger partial charge < -0.3 is 4.90 Å². The van der Waals surface area contributed by atoms with Crippen LogP contribution in [0, 0.1) is 0 Å². The average Bonchev–Trinajstić information content (AvgIpc) is 3.01. The number of anilines is 1. The van der Waals surface area contributed by atoms with Crippen LogP contribution in [0.3, 0.4) is 0 Å². The van der Waals surface area contributed by atoms with Gasteiger partial charge in [0.25, 0.3) is 5.91 Å². The normalized spacial score (nSPS) is 10.9. The van der Waals surface area contributed by atoms with Crippen molar-refractivity contribution in [3.05, 3.63) is 57.5 Å². The summed E-state index contributed by atoms with van der Waals surface area (Å²) in [5, 5.41) is 1.37. The monoisotopic (exact) mass is 487 g/mol. The Bertz CT molecular complexity index is 932. The molecule has 3 aromatic rings. The van der Waals surface area contributed by atoms with Crippen LogP contribution < -0.4 is 4.90 Å². The van der Waals surface area contributed by atoms with Crippen LogP contribution in [0.1, 0.15) is 16.8 Å². The van der Waals surface area contributed by atoms with E-state index in [9.17, 15) is 4.79 Å². The van der Waals surface area contributed by atoms with Crippen molar-refractivity contribution < 1.29 is 4.79 Å². The molecule has 2 aromatic carbocycles. The summed E-state index contributed by atoms with van der Waals surface area (Å²) in [6.07, 6.45) is 0.861. The van der Waals surface area contributed by atoms with Crippen LogP contribution in [-0.4, -0.2) is 43.0 Å². The highest BCUT2D eigenvalue weighted by atomic mass is 79.9. The third-order valence-corrected chi connectivity index (χ3v) is 5.87. The minimum atomic E-state index is -0.0543. The highest BCUT2D eigenvalue weighted by Gasteiger charge is 2.22. The Labute approximate surface area is 182 Å². The van der Waals surface area contributed by atoms with Gasteiger partial charge in [-0.3, -0.25) is 9.69 Å². The molecule has 0 bridgehead atoms. The van der Waals surface area contributed by atoms with Gasteiger partial charge in [-0.25, -0.2) is 4.98 Å². The second-order valence-electron chi connectivity index (χ2n) is 6.20. The number of aromatic nitrogens is 1. The summed E-state index contributed by atoms with van der Waals surface area (Å²) in [7, 11) is 4.05. The van der Waals surface area contributed by atoms with Gasteiger partial charge in [0, 0.05) is 16.0 Å². The summed E-state index contributed by atoms with van der Waals surface area (Å²) < 4.78 is 1.76. The van der Waals surface area contributed by atoms with E-state index in [0.29, 0.717) is 22.3 Å². The number of carbonyl (C=O) groups excluding carboxylic acids is 1. The third-order valence-electron chi connectivity index (χ3n) is 3.91. The Morgan fingerprint density at radius 1 is 1.19 bits per heavy atom. The first-order valence-electron chi connectivity index (χ1n) is 8.23. The fourth-order valence-corrected chi connectivity index (χ4v) is 4.33. The number of hydrogen-bond acceptors (Lipinski definition) is 4. The molecule has 0 fully saturated rings. The van der Waals surface area contributed by atoms with E-state index in [1.807, 2.05) is 56.6 Å². The van der Waals surface area contributed by atoms with Gasteiger partial charge in [-0.05, 0) is 73.3 Å². The van der Waals surface area contributed by atoms with Crippen LogP contribution in [0.5, 0.6) is 0 Å². The summed E-state index contributed by atoms with van der Waals surface area (Å²) >= 11 is 11.1. The summed E-state index contributed by atoms with van der Waals surface area (Å²) in [6, 6.07) is 13.1. The van der Waals surface area contributed by atoms with E-state index in [4.69, 9.17) is 11.6 Å². The molecule has 0 saturated heterocycles. The molecular formula is C19H20BrCl2N3OS. The number of thiazole rings is 1. The third kappa shape index (κ3) is 5.42. The molecule has 1 aromatic heterocycles. The fraction of sp³-hybridized carbons (Fsp3) is 0.263. The van der Waals surface area contributed by atoms with Crippen molar-refractivity contribution in [2.24, 2.45) is 0 Å². The predicted molar refractivity (Wildman–Crippen MR) is 121 cm³/mol. The molecule has 27 heavy (non-hydrogen) atoms. The molecule has 144 valence electrons. The van der Waals surface area contributed by atoms with Gasteiger partial charge in [-0.1, -0.05) is 35.1 Å². The van der Waals surface area contributed by atoms with Gasteiger partial charge in [-0.2, -0.15) is 0 Å². The number of carbonyl (C=O) groups is 1. The molecule has 0 radical (unpaired) electrons. The molecule has 0 aliphatic rings. The topological polar surface area (TPSA) is 36.4 Å². The van der Waals surface area contributed by atoms with Gasteiger partial charge in [0.2, 0.25) is 0 Å². The minimum Gasteiger partial charge on any atom is -0.309 e. The van der Waals surface area contributed by atoms with Gasteiger partial charge in [0.1, 0.15) is 0 Å². The Morgan fingerprint density at radius 3 is 2.63 bits per heavy atom. The zero-order valence-corrected chi connectivity index (χ0v) is 19.0. The van der Waals surface area contributed by atoms with Crippen LogP contribution in [0.2, 0.25) is 5.02 Å². The van der Waals surface area contributed by atoms with Crippen molar-refractivity contribution in [2.75, 3.05) is 32.1 Å².